The summed E-state index contributed by atoms with van der Waals surface area (Å²) in [5, 5.41) is 3.17. The van der Waals surface area contributed by atoms with Gasteiger partial charge < -0.3 is 15.1 Å². The molecule has 2 aliphatic rings. The van der Waals surface area contributed by atoms with E-state index in [4.69, 9.17) is 0 Å². The number of hydrogen-bond donors (Lipinski definition) is 2. The number of halogens is 6. The number of alkyl halides is 6. The van der Waals surface area contributed by atoms with Crippen molar-refractivity contribution in [3.05, 3.63) is 53.6 Å². The number of carbonyl (C=O) groups excluding carboxylic acids is 1. The quantitative estimate of drug-likeness (QED) is 0.241. The molecule has 2 aromatic carbocycles. The molecule has 41 heavy (non-hydrogen) atoms. The molecule has 0 bridgehead atoms. The lowest BCUT2D eigenvalue weighted by molar-refractivity contribution is -0.138. The van der Waals surface area contributed by atoms with Gasteiger partial charge in [-0.15, -0.1) is 0 Å². The highest BCUT2D eigenvalue weighted by Gasteiger charge is 2.34. The number of nitrogens with zero attached hydrogens (tertiary/aromatic N) is 2. The summed E-state index contributed by atoms with van der Waals surface area (Å²) in [6.45, 7) is 2.66. The maximum Gasteiger partial charge on any atom is 0.418 e. The Bertz CT molecular complexity index is 1140. The molecule has 0 unspecified atom stereocenters. The number of carbonyl (C=O) groups is 1. The number of anilines is 3. The van der Waals surface area contributed by atoms with Crippen LogP contribution in [0.15, 0.2) is 42.5 Å². The highest BCUT2D eigenvalue weighted by Crippen LogP contribution is 2.37. The second-order valence-corrected chi connectivity index (χ2v) is 10.7. The number of amides is 1. The molecule has 2 aromatic rings. The first-order valence-electron chi connectivity index (χ1n) is 13.9. The second-order valence-electron chi connectivity index (χ2n) is 10.7. The Labute approximate surface area is 236 Å². The Kier molecular flexibility index (Phi) is 9.93. The van der Waals surface area contributed by atoms with Crippen LogP contribution in [0.3, 0.4) is 0 Å². The van der Waals surface area contributed by atoms with Crippen LogP contribution in [-0.2, 0) is 22.0 Å². The molecule has 2 fully saturated rings. The number of nitrogens with one attached hydrogen (secondary N) is 2. The Morgan fingerprint density at radius 1 is 0.902 bits per heavy atom. The Hall–Kier alpha value is -3.15. The minimum atomic E-state index is -4.53. The first kappa shape index (κ1) is 30.8. The molecule has 2 aliphatic heterocycles. The van der Waals surface area contributed by atoms with E-state index in [0.717, 1.165) is 62.7 Å². The van der Waals surface area contributed by atoms with Gasteiger partial charge in [-0.05, 0) is 86.9 Å². The van der Waals surface area contributed by atoms with E-state index in [9.17, 15) is 31.1 Å². The van der Waals surface area contributed by atoms with Crippen LogP contribution >= 0.6 is 0 Å². The molecule has 0 radical (unpaired) electrons. The first-order chi connectivity index (χ1) is 19.4. The number of rotatable bonds is 9. The zero-order chi connectivity index (χ0) is 29.6. The van der Waals surface area contributed by atoms with Crippen molar-refractivity contribution < 1.29 is 36.0 Å². The average Bonchev–Trinajstić information content (AvgIpc) is 2.94. The third kappa shape index (κ3) is 8.43. The van der Waals surface area contributed by atoms with Crippen LogP contribution in [0.25, 0.3) is 0 Å². The number of piperidine rings is 2. The summed E-state index contributed by atoms with van der Waals surface area (Å²) in [6.07, 6.45) is -3.53. The molecule has 1 amide bonds. The highest BCUT2D eigenvalue weighted by molar-refractivity contribution is 5.76. The van der Waals surface area contributed by atoms with Crippen molar-refractivity contribution in [2.45, 2.75) is 63.3 Å². The van der Waals surface area contributed by atoms with E-state index in [1.165, 1.54) is 25.3 Å². The molecule has 2 heterocycles. The molecule has 4 rings (SSSR count). The molecular weight excluding hydrogens is 550 g/mol. The molecule has 0 spiro atoms. The number of hydrogen-bond acceptors (Lipinski definition) is 5. The van der Waals surface area contributed by atoms with Crippen LogP contribution in [0.2, 0.25) is 0 Å². The van der Waals surface area contributed by atoms with Crippen LogP contribution in [0.4, 0.5) is 43.4 Å². The Morgan fingerprint density at radius 3 is 2.15 bits per heavy atom. The van der Waals surface area contributed by atoms with Gasteiger partial charge >= 0.3 is 12.4 Å². The first-order valence-corrected chi connectivity index (χ1v) is 13.9. The van der Waals surface area contributed by atoms with Crippen molar-refractivity contribution in [3.8, 4) is 0 Å². The normalized spacial score (nSPS) is 17.5. The van der Waals surface area contributed by atoms with Gasteiger partial charge in [0, 0.05) is 50.0 Å². The SMILES string of the molecule is CONc1ccc(NC2CCN(C(=O)CCCC3CCN(c4ccc(C(F)(F)F)cc4)CC3)CC2)cc1C(F)(F)F. The van der Waals surface area contributed by atoms with Crippen LogP contribution < -0.4 is 15.7 Å². The monoisotopic (exact) mass is 586 g/mol. The summed E-state index contributed by atoms with van der Waals surface area (Å²) in [7, 11) is 1.25. The summed E-state index contributed by atoms with van der Waals surface area (Å²) in [5.74, 6) is 0.579. The van der Waals surface area contributed by atoms with Crippen LogP contribution in [0, 0.1) is 5.92 Å². The zero-order valence-corrected chi connectivity index (χ0v) is 23.0. The molecule has 2 N–H and O–H groups in total. The maximum absolute atomic E-state index is 13.4. The largest absolute Gasteiger partial charge is 0.418 e. The molecule has 2 saturated heterocycles. The van der Waals surface area contributed by atoms with E-state index >= 15 is 0 Å². The van der Waals surface area contributed by atoms with Gasteiger partial charge in [0.15, 0.2) is 0 Å². The second kappa shape index (κ2) is 13.2. The van der Waals surface area contributed by atoms with Crippen molar-refractivity contribution in [2.75, 3.05) is 49.0 Å². The molecule has 0 aliphatic carbocycles. The van der Waals surface area contributed by atoms with Gasteiger partial charge in [0.25, 0.3) is 0 Å². The van der Waals surface area contributed by atoms with Gasteiger partial charge in [0.2, 0.25) is 5.91 Å². The van der Waals surface area contributed by atoms with Gasteiger partial charge in [0.1, 0.15) is 0 Å². The van der Waals surface area contributed by atoms with Crippen molar-refractivity contribution in [1.29, 1.82) is 0 Å². The van der Waals surface area contributed by atoms with Crippen molar-refractivity contribution in [1.82, 2.24) is 4.90 Å². The van der Waals surface area contributed by atoms with Gasteiger partial charge in [-0.25, -0.2) is 0 Å². The fraction of sp³-hybridized carbons (Fsp3) is 0.552. The predicted molar refractivity (Wildman–Crippen MR) is 146 cm³/mol. The molecule has 6 nitrogen and oxygen atoms in total. The predicted octanol–water partition coefficient (Wildman–Crippen LogP) is 7.19. The third-order valence-corrected chi connectivity index (χ3v) is 7.93. The molecule has 12 heteroatoms. The lowest BCUT2D eigenvalue weighted by atomic mass is 9.91. The molecule has 0 atom stereocenters. The summed E-state index contributed by atoms with van der Waals surface area (Å²) in [5.41, 5.74) is 1.80. The van der Waals surface area contributed by atoms with Crippen LogP contribution in [-0.4, -0.2) is 50.1 Å². The van der Waals surface area contributed by atoms with Gasteiger partial charge in [-0.3, -0.25) is 15.1 Å². The van der Waals surface area contributed by atoms with Gasteiger partial charge in [-0.2, -0.15) is 26.3 Å². The Balaban J connectivity index is 1.15. The number of benzene rings is 2. The van der Waals surface area contributed by atoms with E-state index in [-0.39, 0.29) is 17.6 Å². The topological polar surface area (TPSA) is 56.8 Å². The fourth-order valence-electron chi connectivity index (χ4n) is 5.62. The van der Waals surface area contributed by atoms with Crippen molar-refractivity contribution in [3.63, 3.8) is 0 Å². The van der Waals surface area contributed by atoms with Gasteiger partial charge in [0.05, 0.1) is 23.9 Å². The smallest absolute Gasteiger partial charge is 0.382 e. The Morgan fingerprint density at radius 2 is 1.56 bits per heavy atom. The van der Waals surface area contributed by atoms with Crippen LogP contribution in [0.5, 0.6) is 0 Å². The molecule has 0 aromatic heterocycles. The van der Waals surface area contributed by atoms with Gasteiger partial charge in [-0.1, -0.05) is 0 Å². The summed E-state index contributed by atoms with van der Waals surface area (Å²) in [6, 6.07) is 9.21. The van der Waals surface area contributed by atoms with E-state index in [2.05, 4.69) is 20.5 Å². The molecule has 0 saturated carbocycles. The zero-order valence-electron chi connectivity index (χ0n) is 23.0. The summed E-state index contributed by atoms with van der Waals surface area (Å²) in [4.78, 5) is 21.3. The maximum atomic E-state index is 13.4. The standard InChI is InChI=1S/C29H36F6N4O2/c1-41-37-26-10-7-23(19-25(26)29(33,34)35)36-22-13-17-39(18-14-22)27(40)4-2-3-20-11-15-38(16-12-20)24-8-5-21(6-9-24)28(30,31)32/h5-10,19-20,22,36-37H,2-4,11-18H2,1H3. The minimum Gasteiger partial charge on any atom is -0.382 e. The van der Waals surface area contributed by atoms with Crippen molar-refractivity contribution >= 4 is 23.0 Å². The van der Waals surface area contributed by atoms with E-state index in [1.807, 2.05) is 4.90 Å². The van der Waals surface area contributed by atoms with E-state index in [0.29, 0.717) is 44.0 Å². The lowest BCUT2D eigenvalue weighted by Crippen LogP contribution is -2.42. The third-order valence-electron chi connectivity index (χ3n) is 7.93. The van der Waals surface area contributed by atoms with Crippen LogP contribution in [0.1, 0.15) is 56.1 Å². The van der Waals surface area contributed by atoms with E-state index < -0.39 is 23.5 Å². The van der Waals surface area contributed by atoms with E-state index in [1.54, 1.807) is 6.07 Å². The fourth-order valence-corrected chi connectivity index (χ4v) is 5.62. The van der Waals surface area contributed by atoms with Crippen molar-refractivity contribution in [2.24, 2.45) is 5.92 Å². The molecule has 226 valence electrons. The average molecular weight is 587 g/mol. The highest BCUT2D eigenvalue weighted by atomic mass is 19.4. The summed E-state index contributed by atoms with van der Waals surface area (Å²) < 4.78 is 78.7. The molecular formula is C29H36F6N4O2. The number of likely N-dealkylation sites (tertiary alicyclic amines) is 1. The summed E-state index contributed by atoms with van der Waals surface area (Å²) >= 11 is 0. The minimum absolute atomic E-state index is 0.0313. The lowest BCUT2D eigenvalue weighted by Gasteiger charge is -2.34.